The van der Waals surface area contributed by atoms with E-state index in [1.165, 1.54) is 6.07 Å². The number of rotatable bonds is 5. The van der Waals surface area contributed by atoms with Gasteiger partial charge in [0.1, 0.15) is 4.21 Å². The van der Waals surface area contributed by atoms with Gasteiger partial charge in [-0.3, -0.25) is 4.79 Å². The van der Waals surface area contributed by atoms with Crippen LogP contribution in [0.5, 0.6) is 0 Å². The van der Waals surface area contributed by atoms with Crippen molar-refractivity contribution in [2.24, 2.45) is 0 Å². The molecule has 1 N–H and O–H groups in total. The molecule has 0 radical (unpaired) electrons. The average molecular weight is 396 g/mol. The predicted molar refractivity (Wildman–Crippen MR) is 95.3 cm³/mol. The Morgan fingerprint density at radius 2 is 1.96 bits per heavy atom. The van der Waals surface area contributed by atoms with Crippen LogP contribution in [0.2, 0.25) is 0 Å². The van der Waals surface area contributed by atoms with E-state index in [0.717, 1.165) is 49.9 Å². The van der Waals surface area contributed by atoms with E-state index in [9.17, 15) is 13.2 Å². The summed E-state index contributed by atoms with van der Waals surface area (Å²) in [6, 6.07) is 1.54. The third-order valence-electron chi connectivity index (χ3n) is 4.78. The second-order valence-corrected chi connectivity index (χ2v) is 9.53. The molecule has 0 atom stereocenters. The minimum Gasteiger partial charge on any atom is -0.334 e. The number of hydrogen-bond acceptors (Lipinski definition) is 7. The van der Waals surface area contributed by atoms with Gasteiger partial charge in [0.15, 0.2) is 0 Å². The van der Waals surface area contributed by atoms with Crippen LogP contribution >= 0.6 is 11.3 Å². The molecule has 1 saturated heterocycles. The second-order valence-electron chi connectivity index (χ2n) is 6.68. The van der Waals surface area contributed by atoms with Crippen molar-refractivity contribution in [1.29, 1.82) is 0 Å². The highest BCUT2D eigenvalue weighted by Crippen LogP contribution is 2.28. The summed E-state index contributed by atoms with van der Waals surface area (Å²) in [5.41, 5.74) is 0.533. The van der Waals surface area contributed by atoms with E-state index in [0.29, 0.717) is 18.7 Å². The Morgan fingerprint density at radius 3 is 2.69 bits per heavy atom. The molecule has 0 aromatic carbocycles. The van der Waals surface area contributed by atoms with Gasteiger partial charge in [-0.15, -0.1) is 11.3 Å². The van der Waals surface area contributed by atoms with Gasteiger partial charge < -0.3 is 9.42 Å². The highest BCUT2D eigenvalue weighted by molar-refractivity contribution is 7.91. The number of amides is 1. The predicted octanol–water partition coefficient (Wildman–Crippen LogP) is 2.25. The third-order valence-corrected chi connectivity index (χ3v) is 7.74. The number of thiophene rings is 1. The van der Waals surface area contributed by atoms with Crippen molar-refractivity contribution in [2.45, 2.75) is 48.8 Å². The number of sulfonamides is 1. The Kier molecular flexibility index (Phi) is 4.80. The van der Waals surface area contributed by atoms with Crippen LogP contribution in [0.25, 0.3) is 11.4 Å². The van der Waals surface area contributed by atoms with Gasteiger partial charge in [0.25, 0.3) is 0 Å². The van der Waals surface area contributed by atoms with Gasteiger partial charge in [0, 0.05) is 30.1 Å². The highest BCUT2D eigenvalue weighted by Gasteiger charge is 2.27. The molecule has 8 nitrogen and oxygen atoms in total. The number of nitrogens with zero attached hydrogens (tertiary/aromatic N) is 3. The standard InChI is InChI=1S/C16H20N4O4S2/c21-16(20-7-3-4-8-20)15-17-14(18-24-15)11-9-13(25-10-11)26(22,23)19-12-5-1-2-6-12/h9-10,12,19H,1-8H2. The number of nitrogens with one attached hydrogen (secondary N) is 1. The molecule has 4 rings (SSSR count). The number of hydrogen-bond donors (Lipinski definition) is 1. The molecule has 10 heteroatoms. The van der Waals surface area contributed by atoms with Gasteiger partial charge in [-0.05, 0) is 31.7 Å². The van der Waals surface area contributed by atoms with Crippen molar-refractivity contribution >= 4 is 27.3 Å². The summed E-state index contributed by atoms with van der Waals surface area (Å²) >= 11 is 1.11. The average Bonchev–Trinajstić information content (AvgIpc) is 3.41. The maximum Gasteiger partial charge on any atom is 0.316 e. The van der Waals surface area contributed by atoms with Crippen LogP contribution in [0, 0.1) is 0 Å². The smallest absolute Gasteiger partial charge is 0.316 e. The number of carbonyl (C=O) groups is 1. The normalized spacial score (nSPS) is 18.7. The lowest BCUT2D eigenvalue weighted by atomic mass is 10.3. The van der Waals surface area contributed by atoms with Crippen LogP contribution in [-0.4, -0.2) is 48.5 Å². The molecule has 0 bridgehead atoms. The topological polar surface area (TPSA) is 105 Å². The fraction of sp³-hybridized carbons (Fsp3) is 0.562. The van der Waals surface area contributed by atoms with Gasteiger partial charge in [0.2, 0.25) is 15.8 Å². The van der Waals surface area contributed by atoms with E-state index < -0.39 is 10.0 Å². The molecule has 2 aromatic rings. The van der Waals surface area contributed by atoms with E-state index in [1.807, 2.05) is 0 Å². The molecular weight excluding hydrogens is 376 g/mol. The minimum absolute atomic E-state index is 0.0143. The van der Waals surface area contributed by atoms with E-state index in [1.54, 1.807) is 10.3 Å². The summed E-state index contributed by atoms with van der Waals surface area (Å²) in [5.74, 6) is -0.0973. The van der Waals surface area contributed by atoms with Crippen LogP contribution in [0.1, 0.15) is 49.2 Å². The Morgan fingerprint density at radius 1 is 1.23 bits per heavy atom. The zero-order valence-electron chi connectivity index (χ0n) is 14.2. The molecular formula is C16H20N4O4S2. The van der Waals surface area contributed by atoms with Gasteiger partial charge in [-0.2, -0.15) is 4.98 Å². The van der Waals surface area contributed by atoms with Crippen molar-refractivity contribution in [3.63, 3.8) is 0 Å². The Balaban J connectivity index is 1.50. The largest absolute Gasteiger partial charge is 0.334 e. The number of carbonyl (C=O) groups excluding carboxylic acids is 1. The van der Waals surface area contributed by atoms with E-state index in [2.05, 4.69) is 14.9 Å². The first kappa shape index (κ1) is 17.6. The lowest BCUT2D eigenvalue weighted by Crippen LogP contribution is -2.32. The first-order valence-electron chi connectivity index (χ1n) is 8.77. The molecule has 1 saturated carbocycles. The molecule has 1 aliphatic carbocycles. The lowest BCUT2D eigenvalue weighted by molar-refractivity contribution is 0.0743. The summed E-state index contributed by atoms with van der Waals surface area (Å²) in [6.07, 6.45) is 5.83. The summed E-state index contributed by atoms with van der Waals surface area (Å²) in [7, 11) is -3.55. The van der Waals surface area contributed by atoms with E-state index >= 15 is 0 Å². The summed E-state index contributed by atoms with van der Waals surface area (Å²) < 4.78 is 33.0. The van der Waals surface area contributed by atoms with E-state index in [4.69, 9.17) is 4.52 Å². The highest BCUT2D eigenvalue weighted by atomic mass is 32.2. The molecule has 2 aliphatic rings. The molecule has 26 heavy (non-hydrogen) atoms. The fourth-order valence-electron chi connectivity index (χ4n) is 3.38. The summed E-state index contributed by atoms with van der Waals surface area (Å²) in [5, 5.41) is 5.50. The first-order valence-corrected chi connectivity index (χ1v) is 11.1. The molecule has 0 unspecified atom stereocenters. The van der Waals surface area contributed by atoms with Crippen molar-refractivity contribution in [3.8, 4) is 11.4 Å². The number of aromatic nitrogens is 2. The molecule has 1 aliphatic heterocycles. The quantitative estimate of drug-likeness (QED) is 0.831. The van der Waals surface area contributed by atoms with Crippen LogP contribution in [-0.2, 0) is 10.0 Å². The molecule has 2 aromatic heterocycles. The van der Waals surface area contributed by atoms with Crippen molar-refractivity contribution < 1.29 is 17.7 Å². The molecule has 140 valence electrons. The molecule has 0 spiro atoms. The first-order chi connectivity index (χ1) is 12.5. The monoisotopic (exact) mass is 396 g/mol. The Hall–Kier alpha value is -1.78. The van der Waals surface area contributed by atoms with Crippen LogP contribution in [0.15, 0.2) is 20.2 Å². The fourth-order valence-corrected chi connectivity index (χ4v) is 5.86. The van der Waals surface area contributed by atoms with Crippen molar-refractivity contribution in [2.75, 3.05) is 13.1 Å². The van der Waals surface area contributed by atoms with Crippen LogP contribution in [0.4, 0.5) is 0 Å². The molecule has 1 amide bonds. The van der Waals surface area contributed by atoms with Gasteiger partial charge in [0.05, 0.1) is 0 Å². The Labute approximate surface area is 155 Å². The van der Waals surface area contributed by atoms with Gasteiger partial charge in [-0.25, -0.2) is 13.1 Å². The zero-order valence-corrected chi connectivity index (χ0v) is 15.8. The summed E-state index contributed by atoms with van der Waals surface area (Å²) in [6.45, 7) is 1.40. The van der Waals surface area contributed by atoms with Crippen LogP contribution in [0.3, 0.4) is 0 Å². The minimum atomic E-state index is -3.55. The Bertz CT molecular complexity index is 893. The van der Waals surface area contributed by atoms with Gasteiger partial charge >= 0.3 is 11.8 Å². The van der Waals surface area contributed by atoms with Crippen LogP contribution < -0.4 is 4.72 Å². The third kappa shape index (κ3) is 3.53. The van der Waals surface area contributed by atoms with Gasteiger partial charge in [-0.1, -0.05) is 18.0 Å². The lowest BCUT2D eigenvalue weighted by Gasteiger charge is -2.10. The van der Waals surface area contributed by atoms with Crippen molar-refractivity contribution in [1.82, 2.24) is 19.8 Å². The number of likely N-dealkylation sites (tertiary alicyclic amines) is 1. The molecule has 2 fully saturated rings. The summed E-state index contributed by atoms with van der Waals surface area (Å²) in [4.78, 5) is 18.1. The molecule has 3 heterocycles. The second kappa shape index (κ2) is 7.09. The maximum absolute atomic E-state index is 12.5. The maximum atomic E-state index is 12.5. The zero-order chi connectivity index (χ0) is 18.1. The SMILES string of the molecule is O=C(c1nc(-c2csc(S(=O)(=O)NC3CCCC3)c2)no1)N1CCCC1. The van der Waals surface area contributed by atoms with Crippen molar-refractivity contribution in [3.05, 3.63) is 17.3 Å². The van der Waals surface area contributed by atoms with E-state index in [-0.39, 0.29) is 27.9 Å².